The van der Waals surface area contributed by atoms with E-state index in [1.165, 1.54) is 10.8 Å². The molecule has 2 unspecified atom stereocenters. The average Bonchev–Trinajstić information content (AvgIpc) is 3.07. The van der Waals surface area contributed by atoms with Crippen molar-refractivity contribution in [1.29, 1.82) is 0 Å². The molecule has 0 N–H and O–H groups in total. The van der Waals surface area contributed by atoms with E-state index in [-0.39, 0.29) is 6.10 Å². The van der Waals surface area contributed by atoms with Crippen LogP contribution >= 0.6 is 0 Å². The molecule has 118 valence electrons. The number of aromatic nitrogens is 2. The molecule has 1 aliphatic rings. The van der Waals surface area contributed by atoms with Crippen molar-refractivity contribution in [2.45, 2.75) is 31.8 Å². The zero-order chi connectivity index (χ0) is 15.7. The monoisotopic (exact) mass is 308 g/mol. The third-order valence-electron chi connectivity index (χ3n) is 4.39. The number of rotatable bonds is 3. The fourth-order valence-electron chi connectivity index (χ4n) is 3.18. The minimum atomic E-state index is -0.762. The van der Waals surface area contributed by atoms with E-state index in [0.717, 1.165) is 12.0 Å². The number of benzene rings is 2. The van der Waals surface area contributed by atoms with Crippen molar-refractivity contribution in [2.75, 3.05) is 6.61 Å². The van der Waals surface area contributed by atoms with Crippen LogP contribution in [0.3, 0.4) is 0 Å². The second-order valence-corrected chi connectivity index (χ2v) is 6.12. The van der Waals surface area contributed by atoms with E-state index in [0.29, 0.717) is 13.2 Å². The lowest BCUT2D eigenvalue weighted by molar-refractivity contribution is -0.306. The molecule has 0 amide bonds. The number of ether oxygens (including phenoxy) is 2. The molecule has 0 saturated carbocycles. The summed E-state index contributed by atoms with van der Waals surface area (Å²) in [6.07, 6.45) is 6.60. The first-order chi connectivity index (χ1) is 11.3. The molecule has 1 fully saturated rings. The summed E-state index contributed by atoms with van der Waals surface area (Å²) in [4.78, 5) is 4.13. The summed E-state index contributed by atoms with van der Waals surface area (Å²) in [6.45, 7) is 3.39. The molecule has 3 aromatic rings. The minimum Gasteiger partial charge on any atom is -0.344 e. The summed E-state index contributed by atoms with van der Waals surface area (Å²) in [6, 6.07) is 14.8. The Morgan fingerprint density at radius 2 is 2.09 bits per heavy atom. The third-order valence-corrected chi connectivity index (χ3v) is 4.39. The summed E-state index contributed by atoms with van der Waals surface area (Å²) in [5.41, 5.74) is 1.05. The Bertz CT molecular complexity index is 800. The van der Waals surface area contributed by atoms with E-state index in [1.54, 1.807) is 12.5 Å². The van der Waals surface area contributed by atoms with Crippen molar-refractivity contribution < 1.29 is 9.47 Å². The molecule has 0 aliphatic carbocycles. The van der Waals surface area contributed by atoms with Gasteiger partial charge in [0.2, 0.25) is 5.79 Å². The maximum atomic E-state index is 6.31. The molecule has 0 bridgehead atoms. The Hall–Kier alpha value is -2.17. The predicted octanol–water partition coefficient (Wildman–Crippen LogP) is 3.71. The normalized spacial score (nSPS) is 24.8. The van der Waals surface area contributed by atoms with Crippen molar-refractivity contribution in [2.24, 2.45) is 0 Å². The highest BCUT2D eigenvalue weighted by atomic mass is 16.7. The minimum absolute atomic E-state index is 0.166. The zero-order valence-corrected chi connectivity index (χ0v) is 13.2. The third kappa shape index (κ3) is 2.76. The molecule has 0 spiro atoms. The molecule has 1 aromatic heterocycles. The van der Waals surface area contributed by atoms with Crippen LogP contribution in [0.2, 0.25) is 0 Å². The Morgan fingerprint density at radius 1 is 1.22 bits per heavy atom. The smallest absolute Gasteiger partial charge is 0.213 e. The molecule has 1 aliphatic heterocycles. The summed E-state index contributed by atoms with van der Waals surface area (Å²) >= 11 is 0. The Labute approximate surface area is 135 Å². The van der Waals surface area contributed by atoms with Crippen LogP contribution in [0.1, 0.15) is 18.9 Å². The van der Waals surface area contributed by atoms with Crippen molar-refractivity contribution in [3.8, 4) is 0 Å². The van der Waals surface area contributed by atoms with Gasteiger partial charge in [-0.2, -0.15) is 0 Å². The molecule has 1 saturated heterocycles. The molecule has 2 aromatic carbocycles. The quantitative estimate of drug-likeness (QED) is 0.740. The number of hydrogen-bond acceptors (Lipinski definition) is 3. The number of hydrogen-bond donors (Lipinski definition) is 0. The first kappa shape index (κ1) is 14.4. The number of nitrogens with zero attached hydrogens (tertiary/aromatic N) is 2. The van der Waals surface area contributed by atoms with Gasteiger partial charge >= 0.3 is 0 Å². The Morgan fingerprint density at radius 3 is 2.87 bits per heavy atom. The predicted molar refractivity (Wildman–Crippen MR) is 89.0 cm³/mol. The molecule has 0 radical (unpaired) electrons. The summed E-state index contributed by atoms with van der Waals surface area (Å²) in [7, 11) is 0. The molecule has 4 rings (SSSR count). The van der Waals surface area contributed by atoms with E-state index < -0.39 is 5.79 Å². The lowest BCUT2D eigenvalue weighted by Crippen LogP contribution is -2.44. The van der Waals surface area contributed by atoms with Crippen LogP contribution in [0, 0.1) is 0 Å². The number of fused-ring (bicyclic) bond motifs is 1. The molecular formula is C19H20N2O2. The van der Waals surface area contributed by atoms with Gasteiger partial charge in [-0.15, -0.1) is 0 Å². The standard InChI is InChI=1S/C19H20N2O2/c1-15-8-11-22-19(23-15,13-21-10-9-20-14-21)18-7-6-16-4-2-3-5-17(16)12-18/h2-7,9-10,12,14-15H,8,11,13H2,1H3. The van der Waals surface area contributed by atoms with Gasteiger partial charge in [-0.25, -0.2) is 4.98 Å². The van der Waals surface area contributed by atoms with Gasteiger partial charge in [0.25, 0.3) is 0 Å². The fraction of sp³-hybridized carbons (Fsp3) is 0.316. The maximum Gasteiger partial charge on any atom is 0.213 e. The highest BCUT2D eigenvalue weighted by molar-refractivity contribution is 5.83. The van der Waals surface area contributed by atoms with Gasteiger partial charge in [0, 0.05) is 18.0 Å². The van der Waals surface area contributed by atoms with Crippen LogP contribution in [0.15, 0.2) is 61.2 Å². The van der Waals surface area contributed by atoms with Gasteiger partial charge in [0.15, 0.2) is 0 Å². The second-order valence-electron chi connectivity index (χ2n) is 6.12. The summed E-state index contributed by atoms with van der Waals surface area (Å²) < 4.78 is 14.5. The molecule has 2 atom stereocenters. The largest absolute Gasteiger partial charge is 0.344 e. The molecule has 4 heteroatoms. The zero-order valence-electron chi connectivity index (χ0n) is 13.2. The molecule has 4 nitrogen and oxygen atoms in total. The molecular weight excluding hydrogens is 288 g/mol. The van der Waals surface area contributed by atoms with Crippen molar-refractivity contribution >= 4 is 10.8 Å². The van der Waals surface area contributed by atoms with Crippen LogP contribution in [0.4, 0.5) is 0 Å². The van der Waals surface area contributed by atoms with Crippen LogP contribution < -0.4 is 0 Å². The summed E-state index contributed by atoms with van der Waals surface area (Å²) in [5.74, 6) is -0.762. The summed E-state index contributed by atoms with van der Waals surface area (Å²) in [5, 5.41) is 2.42. The maximum absolute atomic E-state index is 6.31. The van der Waals surface area contributed by atoms with Gasteiger partial charge in [-0.3, -0.25) is 0 Å². The van der Waals surface area contributed by atoms with E-state index in [9.17, 15) is 0 Å². The van der Waals surface area contributed by atoms with Crippen LogP contribution in [0.5, 0.6) is 0 Å². The Balaban J connectivity index is 1.79. The average molecular weight is 308 g/mol. The lowest BCUT2D eigenvalue weighted by Gasteiger charge is -2.40. The number of imidazole rings is 1. The highest BCUT2D eigenvalue weighted by Gasteiger charge is 2.39. The van der Waals surface area contributed by atoms with E-state index >= 15 is 0 Å². The van der Waals surface area contributed by atoms with Crippen molar-refractivity contribution in [1.82, 2.24) is 9.55 Å². The topological polar surface area (TPSA) is 36.3 Å². The fourth-order valence-corrected chi connectivity index (χ4v) is 3.18. The first-order valence-corrected chi connectivity index (χ1v) is 8.02. The van der Waals surface area contributed by atoms with Gasteiger partial charge in [-0.1, -0.05) is 36.4 Å². The van der Waals surface area contributed by atoms with Gasteiger partial charge < -0.3 is 14.0 Å². The van der Waals surface area contributed by atoms with Crippen LogP contribution in [0.25, 0.3) is 10.8 Å². The van der Waals surface area contributed by atoms with Gasteiger partial charge in [0.05, 0.1) is 25.6 Å². The van der Waals surface area contributed by atoms with E-state index in [2.05, 4.69) is 54.4 Å². The van der Waals surface area contributed by atoms with E-state index in [4.69, 9.17) is 9.47 Å². The lowest BCUT2D eigenvalue weighted by atomic mass is 9.99. The van der Waals surface area contributed by atoms with E-state index in [1.807, 2.05) is 10.8 Å². The van der Waals surface area contributed by atoms with Crippen LogP contribution in [-0.2, 0) is 21.8 Å². The van der Waals surface area contributed by atoms with Crippen molar-refractivity contribution in [3.63, 3.8) is 0 Å². The second kappa shape index (κ2) is 5.80. The first-order valence-electron chi connectivity index (χ1n) is 8.02. The van der Waals surface area contributed by atoms with Gasteiger partial charge in [-0.05, 0) is 30.2 Å². The SMILES string of the molecule is CC1CCOC(Cn2ccnc2)(c2ccc3ccccc3c2)O1. The highest BCUT2D eigenvalue weighted by Crippen LogP contribution is 2.36. The Kier molecular flexibility index (Phi) is 3.63. The molecule has 23 heavy (non-hydrogen) atoms. The van der Waals surface area contributed by atoms with Gasteiger partial charge in [0.1, 0.15) is 0 Å². The molecule has 2 heterocycles. The van der Waals surface area contributed by atoms with Crippen LogP contribution in [-0.4, -0.2) is 22.3 Å². The van der Waals surface area contributed by atoms with Crippen molar-refractivity contribution in [3.05, 3.63) is 66.7 Å².